The second-order valence-corrected chi connectivity index (χ2v) is 4.84. The maximum absolute atomic E-state index is 12.3. The molecular formula is C16H15NO4. The zero-order valence-corrected chi connectivity index (χ0v) is 12.1. The molecule has 0 spiro atoms. The molecule has 0 fully saturated rings. The molecule has 0 amide bonds. The number of benzene rings is 1. The minimum atomic E-state index is -0.450. The molecular weight excluding hydrogens is 270 g/mol. The van der Waals surface area contributed by atoms with Crippen molar-refractivity contribution in [1.82, 2.24) is 4.57 Å². The first-order chi connectivity index (χ1) is 10.1. The number of nitrogens with zero attached hydrogens (tertiary/aromatic N) is 1. The molecule has 0 saturated carbocycles. The summed E-state index contributed by atoms with van der Waals surface area (Å²) in [6, 6.07) is 7.30. The summed E-state index contributed by atoms with van der Waals surface area (Å²) in [6.07, 6.45) is 0.547. The van der Waals surface area contributed by atoms with Gasteiger partial charge in [0.25, 0.3) is 0 Å². The van der Waals surface area contributed by atoms with Crippen molar-refractivity contribution in [2.24, 2.45) is 7.05 Å². The van der Waals surface area contributed by atoms with E-state index in [1.165, 1.54) is 7.11 Å². The van der Waals surface area contributed by atoms with Crippen LogP contribution < -0.4 is 5.63 Å². The van der Waals surface area contributed by atoms with Gasteiger partial charge >= 0.3 is 11.6 Å². The summed E-state index contributed by atoms with van der Waals surface area (Å²) in [6.45, 7) is 1.90. The van der Waals surface area contributed by atoms with Crippen LogP contribution >= 0.6 is 0 Å². The van der Waals surface area contributed by atoms with Crippen LogP contribution in [0.4, 0.5) is 0 Å². The van der Waals surface area contributed by atoms with Crippen LogP contribution in [0.3, 0.4) is 0 Å². The number of aromatic nitrogens is 1. The smallest absolute Gasteiger partial charge is 0.354 e. The predicted octanol–water partition coefficient (Wildman–Crippen LogP) is 2.63. The fraction of sp³-hybridized carbons (Fsp3) is 0.250. The van der Waals surface area contributed by atoms with Crippen molar-refractivity contribution in [2.45, 2.75) is 13.3 Å². The fourth-order valence-corrected chi connectivity index (χ4v) is 2.88. The van der Waals surface area contributed by atoms with Gasteiger partial charge in [-0.05, 0) is 24.1 Å². The number of ether oxygens (including phenoxy) is 1. The molecule has 0 bridgehead atoms. The van der Waals surface area contributed by atoms with Crippen molar-refractivity contribution in [3.8, 4) is 0 Å². The maximum Gasteiger partial charge on any atom is 0.354 e. The Morgan fingerprint density at radius 1 is 1.33 bits per heavy atom. The first-order valence-electron chi connectivity index (χ1n) is 6.71. The Bertz CT molecular complexity index is 917. The zero-order valence-electron chi connectivity index (χ0n) is 12.1. The summed E-state index contributed by atoms with van der Waals surface area (Å²) in [5.74, 6) is -0.450. The number of fused-ring (bicyclic) bond motifs is 3. The van der Waals surface area contributed by atoms with E-state index in [4.69, 9.17) is 9.15 Å². The highest BCUT2D eigenvalue weighted by Gasteiger charge is 2.24. The number of carbonyl (C=O) groups excluding carboxylic acids is 1. The Morgan fingerprint density at radius 2 is 2.05 bits per heavy atom. The standard InChI is InChI=1S/C16H15NO4/c1-4-9-12-13(17(2)14(9)16(19)20-3)10-7-5-6-8-11(10)21-15(12)18/h5-8H,4H2,1-3H3. The highest BCUT2D eigenvalue weighted by Crippen LogP contribution is 2.29. The fourth-order valence-electron chi connectivity index (χ4n) is 2.88. The number of para-hydroxylation sites is 1. The summed E-state index contributed by atoms with van der Waals surface area (Å²) in [7, 11) is 3.10. The normalized spacial score (nSPS) is 11.2. The van der Waals surface area contributed by atoms with Crippen LogP contribution in [0.5, 0.6) is 0 Å². The number of methoxy groups -OCH3 is 1. The molecule has 0 N–H and O–H groups in total. The molecule has 0 aliphatic heterocycles. The predicted molar refractivity (Wildman–Crippen MR) is 79.7 cm³/mol. The molecule has 0 radical (unpaired) electrons. The van der Waals surface area contributed by atoms with Gasteiger partial charge in [0.15, 0.2) is 0 Å². The molecule has 3 aromatic rings. The van der Waals surface area contributed by atoms with Gasteiger partial charge in [-0.1, -0.05) is 19.1 Å². The number of esters is 1. The van der Waals surface area contributed by atoms with E-state index in [1.807, 2.05) is 25.1 Å². The van der Waals surface area contributed by atoms with Crippen molar-refractivity contribution < 1.29 is 13.9 Å². The summed E-state index contributed by atoms with van der Waals surface area (Å²) in [5.41, 5.74) is 1.86. The lowest BCUT2D eigenvalue weighted by Crippen LogP contribution is -2.10. The molecule has 2 aromatic heterocycles. The maximum atomic E-state index is 12.3. The number of hydrogen-bond donors (Lipinski definition) is 0. The topological polar surface area (TPSA) is 61.4 Å². The van der Waals surface area contributed by atoms with Crippen LogP contribution in [0.1, 0.15) is 23.0 Å². The Hall–Kier alpha value is -2.56. The largest absolute Gasteiger partial charge is 0.464 e. The second kappa shape index (κ2) is 4.77. The summed E-state index contributed by atoms with van der Waals surface area (Å²) < 4.78 is 11.9. The second-order valence-electron chi connectivity index (χ2n) is 4.84. The zero-order chi connectivity index (χ0) is 15.1. The highest BCUT2D eigenvalue weighted by atomic mass is 16.5. The lowest BCUT2D eigenvalue weighted by molar-refractivity contribution is 0.0589. The molecule has 0 unspecified atom stereocenters. The highest BCUT2D eigenvalue weighted by molar-refractivity contribution is 6.08. The molecule has 0 aliphatic rings. The quantitative estimate of drug-likeness (QED) is 0.536. The van der Waals surface area contributed by atoms with Gasteiger partial charge in [-0.25, -0.2) is 9.59 Å². The molecule has 0 saturated heterocycles. The van der Waals surface area contributed by atoms with Crippen molar-refractivity contribution in [3.63, 3.8) is 0 Å². The first-order valence-corrected chi connectivity index (χ1v) is 6.71. The number of aryl methyl sites for hydroxylation is 2. The van der Waals surface area contributed by atoms with Gasteiger partial charge in [-0.15, -0.1) is 0 Å². The Kier molecular flexibility index (Phi) is 3.05. The average molecular weight is 285 g/mol. The first kappa shape index (κ1) is 13.4. The van der Waals surface area contributed by atoms with E-state index in [9.17, 15) is 9.59 Å². The molecule has 0 atom stereocenters. The van der Waals surface area contributed by atoms with Crippen molar-refractivity contribution in [1.29, 1.82) is 0 Å². The molecule has 5 heteroatoms. The van der Waals surface area contributed by atoms with Gasteiger partial charge < -0.3 is 13.7 Å². The molecule has 2 heterocycles. The van der Waals surface area contributed by atoms with Gasteiger partial charge in [-0.3, -0.25) is 0 Å². The van der Waals surface area contributed by atoms with Gasteiger partial charge in [0.05, 0.1) is 18.0 Å². The minimum absolute atomic E-state index is 0.402. The minimum Gasteiger partial charge on any atom is -0.464 e. The van der Waals surface area contributed by atoms with E-state index in [2.05, 4.69) is 0 Å². The summed E-state index contributed by atoms with van der Waals surface area (Å²) in [4.78, 5) is 24.4. The van der Waals surface area contributed by atoms with Crippen molar-refractivity contribution in [2.75, 3.05) is 7.11 Å². The van der Waals surface area contributed by atoms with E-state index in [0.29, 0.717) is 34.2 Å². The van der Waals surface area contributed by atoms with Crippen molar-refractivity contribution >= 4 is 27.8 Å². The monoisotopic (exact) mass is 285 g/mol. The molecule has 108 valence electrons. The van der Waals surface area contributed by atoms with Crippen LogP contribution in [0.25, 0.3) is 21.9 Å². The van der Waals surface area contributed by atoms with E-state index in [0.717, 1.165) is 5.39 Å². The van der Waals surface area contributed by atoms with Crippen LogP contribution in [-0.2, 0) is 18.2 Å². The number of carbonyl (C=O) groups is 1. The molecule has 3 rings (SSSR count). The molecule has 21 heavy (non-hydrogen) atoms. The van der Waals surface area contributed by atoms with Gasteiger partial charge in [0.1, 0.15) is 11.3 Å². The summed E-state index contributed by atoms with van der Waals surface area (Å²) in [5, 5.41) is 1.26. The SMILES string of the molecule is CCc1c(C(=O)OC)n(C)c2c1c(=O)oc1ccccc12. The number of hydrogen-bond acceptors (Lipinski definition) is 4. The Balaban J connectivity index is 2.61. The van der Waals surface area contributed by atoms with Crippen LogP contribution in [-0.4, -0.2) is 17.6 Å². The Morgan fingerprint density at radius 3 is 2.71 bits per heavy atom. The van der Waals surface area contributed by atoms with Crippen LogP contribution in [0.15, 0.2) is 33.5 Å². The molecule has 1 aromatic carbocycles. The third-order valence-corrected chi connectivity index (χ3v) is 3.78. The third-order valence-electron chi connectivity index (χ3n) is 3.78. The van der Waals surface area contributed by atoms with Crippen LogP contribution in [0.2, 0.25) is 0 Å². The summed E-state index contributed by atoms with van der Waals surface area (Å²) >= 11 is 0. The Labute approximate surface area is 120 Å². The number of rotatable bonds is 2. The van der Waals surface area contributed by atoms with Gasteiger partial charge in [0, 0.05) is 12.4 Å². The van der Waals surface area contributed by atoms with Crippen LogP contribution in [0, 0.1) is 0 Å². The van der Waals surface area contributed by atoms with E-state index in [-0.39, 0.29) is 0 Å². The van der Waals surface area contributed by atoms with E-state index in [1.54, 1.807) is 17.7 Å². The average Bonchev–Trinajstić information content (AvgIpc) is 2.80. The lowest BCUT2D eigenvalue weighted by atomic mass is 10.1. The van der Waals surface area contributed by atoms with E-state index >= 15 is 0 Å². The van der Waals surface area contributed by atoms with E-state index < -0.39 is 11.6 Å². The van der Waals surface area contributed by atoms with Gasteiger partial charge in [-0.2, -0.15) is 0 Å². The third kappa shape index (κ3) is 1.77. The molecule has 5 nitrogen and oxygen atoms in total. The van der Waals surface area contributed by atoms with Crippen molar-refractivity contribution in [3.05, 3.63) is 45.9 Å². The molecule has 0 aliphatic carbocycles. The van der Waals surface area contributed by atoms with Gasteiger partial charge in [0.2, 0.25) is 0 Å². The lowest BCUT2D eigenvalue weighted by Gasteiger charge is -2.04.